The molecule has 0 radical (unpaired) electrons. The zero-order valence-electron chi connectivity index (χ0n) is 12.5. The number of nitrogens with zero attached hydrogens (tertiary/aromatic N) is 2. The Bertz CT molecular complexity index is 606. The summed E-state index contributed by atoms with van der Waals surface area (Å²) in [5, 5.41) is 1.27. The van der Waals surface area contributed by atoms with Gasteiger partial charge in [0.15, 0.2) is 0 Å². The number of carbonyl (C=O) groups excluding carboxylic acids is 1. The van der Waals surface area contributed by atoms with Crippen molar-refractivity contribution in [3.8, 4) is 0 Å². The summed E-state index contributed by atoms with van der Waals surface area (Å²) in [7, 11) is 0. The number of hydrogen-bond acceptors (Lipinski definition) is 1. The molecule has 0 N–H and O–H groups in total. The molecule has 2 aliphatic carbocycles. The number of fused-ring (bicyclic) bond motifs is 2. The molecule has 1 saturated heterocycles. The number of benzene rings is 1. The average molecular weight is 339 g/mol. The molecule has 3 aliphatic rings. The summed E-state index contributed by atoms with van der Waals surface area (Å²) in [5.41, 5.74) is 0.967. The largest absolute Gasteiger partial charge is 0.320 e. The Morgan fingerprint density at radius 1 is 1.14 bits per heavy atom. The molecule has 1 aliphatic heterocycles. The van der Waals surface area contributed by atoms with Crippen molar-refractivity contribution in [3.05, 3.63) is 33.8 Å². The van der Waals surface area contributed by atoms with E-state index >= 15 is 0 Å². The van der Waals surface area contributed by atoms with E-state index in [-0.39, 0.29) is 6.03 Å². The fourth-order valence-corrected chi connectivity index (χ4v) is 4.97. The molecule has 2 bridgehead atoms. The zero-order valence-corrected chi connectivity index (χ0v) is 14.0. The van der Waals surface area contributed by atoms with Gasteiger partial charge >= 0.3 is 6.03 Å². The molecule has 118 valence electrons. The van der Waals surface area contributed by atoms with Crippen LogP contribution < -0.4 is 0 Å². The van der Waals surface area contributed by atoms with Crippen LogP contribution in [0.4, 0.5) is 4.79 Å². The Morgan fingerprint density at radius 2 is 2.00 bits per heavy atom. The SMILES string of the molecule is O=C1N(Cc2ccc(Cl)cc2Cl)CCN1C1C[C@@H]2CC[C@@H]1C2. The highest BCUT2D eigenvalue weighted by Crippen LogP contribution is 2.47. The van der Waals surface area contributed by atoms with Crippen LogP contribution in [-0.4, -0.2) is 35.0 Å². The van der Waals surface area contributed by atoms with Crippen molar-refractivity contribution >= 4 is 29.2 Å². The minimum atomic E-state index is 0.184. The van der Waals surface area contributed by atoms with Crippen molar-refractivity contribution in [1.29, 1.82) is 0 Å². The van der Waals surface area contributed by atoms with Gasteiger partial charge in [-0.3, -0.25) is 0 Å². The van der Waals surface area contributed by atoms with Crippen LogP contribution in [0.15, 0.2) is 18.2 Å². The molecular weight excluding hydrogens is 319 g/mol. The quantitative estimate of drug-likeness (QED) is 0.800. The highest BCUT2D eigenvalue weighted by atomic mass is 35.5. The molecule has 1 unspecified atom stereocenters. The van der Waals surface area contributed by atoms with E-state index in [0.717, 1.165) is 30.5 Å². The Balaban J connectivity index is 1.45. The number of amides is 2. The molecule has 3 nitrogen and oxygen atoms in total. The number of halogens is 2. The van der Waals surface area contributed by atoms with E-state index in [4.69, 9.17) is 23.2 Å². The summed E-state index contributed by atoms with van der Waals surface area (Å²) in [6.45, 7) is 2.23. The lowest BCUT2D eigenvalue weighted by Gasteiger charge is -2.31. The Morgan fingerprint density at radius 3 is 2.68 bits per heavy atom. The summed E-state index contributed by atoms with van der Waals surface area (Å²) >= 11 is 12.2. The lowest BCUT2D eigenvalue weighted by molar-refractivity contribution is 0.156. The van der Waals surface area contributed by atoms with E-state index in [9.17, 15) is 4.79 Å². The van der Waals surface area contributed by atoms with Crippen LogP contribution in [0.3, 0.4) is 0 Å². The second kappa shape index (κ2) is 5.61. The van der Waals surface area contributed by atoms with Crippen molar-refractivity contribution < 1.29 is 4.79 Å². The summed E-state index contributed by atoms with van der Waals surface area (Å²) in [4.78, 5) is 16.8. The van der Waals surface area contributed by atoms with Crippen LogP contribution in [0.1, 0.15) is 31.2 Å². The van der Waals surface area contributed by atoms with Crippen LogP contribution in [0.2, 0.25) is 10.0 Å². The van der Waals surface area contributed by atoms with Gasteiger partial charge in [-0.05, 0) is 48.8 Å². The molecule has 3 atom stereocenters. The molecule has 3 fully saturated rings. The fraction of sp³-hybridized carbons (Fsp3) is 0.588. The Kier molecular flexibility index (Phi) is 3.74. The molecule has 2 amide bonds. The third kappa shape index (κ3) is 2.48. The van der Waals surface area contributed by atoms with E-state index in [1.54, 1.807) is 6.07 Å². The third-order valence-electron chi connectivity index (χ3n) is 5.60. The number of urea groups is 1. The maximum atomic E-state index is 12.7. The monoisotopic (exact) mass is 338 g/mol. The highest BCUT2D eigenvalue weighted by molar-refractivity contribution is 6.35. The van der Waals surface area contributed by atoms with Gasteiger partial charge in [-0.2, -0.15) is 0 Å². The molecule has 4 rings (SSSR count). The summed E-state index contributed by atoms with van der Waals surface area (Å²) < 4.78 is 0. The van der Waals surface area contributed by atoms with E-state index < -0.39 is 0 Å². The van der Waals surface area contributed by atoms with E-state index in [2.05, 4.69) is 4.90 Å². The predicted octanol–water partition coefficient (Wildman–Crippen LogP) is 4.42. The van der Waals surface area contributed by atoms with Crippen molar-refractivity contribution in [2.75, 3.05) is 13.1 Å². The highest BCUT2D eigenvalue weighted by Gasteiger charge is 2.46. The van der Waals surface area contributed by atoms with Crippen LogP contribution >= 0.6 is 23.2 Å². The maximum Gasteiger partial charge on any atom is 0.320 e. The van der Waals surface area contributed by atoms with Gasteiger partial charge in [0, 0.05) is 35.7 Å². The minimum Gasteiger partial charge on any atom is -0.320 e. The number of hydrogen-bond donors (Lipinski definition) is 0. The van der Waals surface area contributed by atoms with Crippen LogP contribution in [0.25, 0.3) is 0 Å². The molecule has 22 heavy (non-hydrogen) atoms. The van der Waals surface area contributed by atoms with E-state index in [1.165, 1.54) is 25.7 Å². The lowest BCUT2D eigenvalue weighted by atomic mass is 9.94. The van der Waals surface area contributed by atoms with E-state index in [0.29, 0.717) is 22.6 Å². The first-order valence-electron chi connectivity index (χ1n) is 8.11. The van der Waals surface area contributed by atoms with Gasteiger partial charge in [-0.1, -0.05) is 35.7 Å². The van der Waals surface area contributed by atoms with Gasteiger partial charge in [-0.15, -0.1) is 0 Å². The smallest absolute Gasteiger partial charge is 0.320 e. The van der Waals surface area contributed by atoms with E-state index in [1.807, 2.05) is 17.0 Å². The maximum absolute atomic E-state index is 12.7. The van der Waals surface area contributed by atoms with Gasteiger partial charge < -0.3 is 9.80 Å². The summed E-state index contributed by atoms with van der Waals surface area (Å²) in [5.74, 6) is 1.61. The van der Waals surface area contributed by atoms with Gasteiger partial charge in [0.2, 0.25) is 0 Å². The molecule has 0 aromatic heterocycles. The third-order valence-corrected chi connectivity index (χ3v) is 6.19. The normalized spacial score (nSPS) is 30.6. The van der Waals surface area contributed by atoms with Gasteiger partial charge in [0.05, 0.1) is 0 Å². The summed E-state index contributed by atoms with van der Waals surface area (Å²) in [6.07, 6.45) is 5.22. The Labute approximate surface area is 141 Å². The van der Waals surface area contributed by atoms with Crippen molar-refractivity contribution in [2.45, 2.75) is 38.3 Å². The topological polar surface area (TPSA) is 23.6 Å². The second-order valence-electron chi connectivity index (χ2n) is 6.88. The predicted molar refractivity (Wildman–Crippen MR) is 88.2 cm³/mol. The molecular formula is C17H20Cl2N2O. The first-order chi connectivity index (χ1) is 10.6. The van der Waals surface area contributed by atoms with Crippen molar-refractivity contribution in [1.82, 2.24) is 9.80 Å². The second-order valence-corrected chi connectivity index (χ2v) is 7.72. The molecule has 2 saturated carbocycles. The standard InChI is InChI=1S/C17H20Cl2N2O/c18-14-4-3-13(15(19)9-14)10-20-5-6-21(17(20)22)16-8-11-1-2-12(16)7-11/h3-4,9,11-12,16H,1-2,5-8,10H2/t11-,12-,16?/m1/s1. The first-order valence-corrected chi connectivity index (χ1v) is 8.87. The molecule has 1 aromatic carbocycles. The van der Waals surface area contributed by atoms with Gasteiger partial charge in [-0.25, -0.2) is 4.79 Å². The molecule has 0 spiro atoms. The molecule has 5 heteroatoms. The van der Waals surface area contributed by atoms with Crippen molar-refractivity contribution in [2.24, 2.45) is 11.8 Å². The van der Waals surface area contributed by atoms with Crippen LogP contribution in [-0.2, 0) is 6.54 Å². The lowest BCUT2D eigenvalue weighted by Crippen LogP contribution is -2.42. The Hall–Kier alpha value is -0.930. The molecule has 1 heterocycles. The van der Waals surface area contributed by atoms with Crippen molar-refractivity contribution in [3.63, 3.8) is 0 Å². The van der Waals surface area contributed by atoms with Crippen LogP contribution in [0, 0.1) is 11.8 Å². The first kappa shape index (κ1) is 14.6. The zero-order chi connectivity index (χ0) is 15.3. The molecule has 1 aromatic rings. The summed E-state index contributed by atoms with van der Waals surface area (Å²) in [6, 6.07) is 6.16. The fourth-order valence-electron chi connectivity index (χ4n) is 4.50. The van der Waals surface area contributed by atoms with Gasteiger partial charge in [0.25, 0.3) is 0 Å². The van der Waals surface area contributed by atoms with Gasteiger partial charge in [0.1, 0.15) is 0 Å². The number of carbonyl (C=O) groups is 1. The number of rotatable bonds is 3. The average Bonchev–Trinajstić information content (AvgIpc) is 3.18. The van der Waals surface area contributed by atoms with Crippen LogP contribution in [0.5, 0.6) is 0 Å². The minimum absolute atomic E-state index is 0.184.